The van der Waals surface area contributed by atoms with Gasteiger partial charge in [-0.3, -0.25) is 4.90 Å². The Balaban J connectivity index is 1.18. The number of anilines is 1. The van der Waals surface area contributed by atoms with Crippen molar-refractivity contribution < 1.29 is 4.74 Å². The van der Waals surface area contributed by atoms with Crippen LogP contribution in [0.15, 0.2) is 43.0 Å². The number of hydrogen-bond donors (Lipinski definition) is 1. The van der Waals surface area contributed by atoms with Crippen LogP contribution in [-0.4, -0.2) is 57.1 Å². The normalized spacial score (nSPS) is 20.8. The molecule has 1 N–H and O–H groups in total. The third-order valence-corrected chi connectivity index (χ3v) is 7.66. The summed E-state index contributed by atoms with van der Waals surface area (Å²) >= 11 is 8.12. The minimum absolute atomic E-state index is 0.556. The minimum Gasteiger partial charge on any atom is -0.481 e. The number of hydrogen-bond acceptors (Lipinski definition) is 7. The molecule has 3 aliphatic rings. The Hall–Kier alpha value is -2.68. The van der Waals surface area contributed by atoms with Gasteiger partial charge in [0, 0.05) is 73.5 Å². The zero-order chi connectivity index (χ0) is 20.9. The third-order valence-electron chi connectivity index (χ3n) is 6.27. The summed E-state index contributed by atoms with van der Waals surface area (Å²) in [6.45, 7) is 2.94. The molecule has 158 valence electrons. The van der Waals surface area contributed by atoms with E-state index in [4.69, 9.17) is 21.3 Å². The van der Waals surface area contributed by atoms with Crippen molar-refractivity contribution in [3.05, 3.63) is 53.6 Å². The van der Waals surface area contributed by atoms with Gasteiger partial charge in [0.05, 0.1) is 17.0 Å². The Kier molecular flexibility index (Phi) is 4.59. The predicted molar refractivity (Wildman–Crippen MR) is 123 cm³/mol. The highest BCUT2D eigenvalue weighted by Gasteiger charge is 2.45. The van der Waals surface area contributed by atoms with Gasteiger partial charge >= 0.3 is 0 Å². The fraction of sp³-hybridized carbons (Fsp3) is 0.318. The molecule has 7 rings (SSSR count). The number of H-pyrrole nitrogens is 1. The number of piperazine rings is 1. The molecular formula is C22H21ClN6OS. The quantitative estimate of drug-likeness (QED) is 0.489. The van der Waals surface area contributed by atoms with E-state index in [0.717, 1.165) is 46.2 Å². The van der Waals surface area contributed by atoms with Gasteiger partial charge in [-0.2, -0.15) is 0 Å². The van der Waals surface area contributed by atoms with Crippen LogP contribution in [-0.2, 0) is 6.54 Å². The van der Waals surface area contributed by atoms with Crippen LogP contribution in [0.5, 0.6) is 5.88 Å². The van der Waals surface area contributed by atoms with E-state index in [1.165, 1.54) is 12.0 Å². The van der Waals surface area contributed by atoms with Gasteiger partial charge in [0.15, 0.2) is 5.13 Å². The van der Waals surface area contributed by atoms with Crippen molar-refractivity contribution in [3.8, 4) is 16.3 Å². The number of aromatic amines is 1. The summed E-state index contributed by atoms with van der Waals surface area (Å²) in [4.78, 5) is 22.7. The summed E-state index contributed by atoms with van der Waals surface area (Å²) in [6, 6.07) is 7.16. The Labute approximate surface area is 188 Å². The molecule has 3 saturated heterocycles. The zero-order valence-electron chi connectivity index (χ0n) is 17.0. The topological polar surface area (TPSA) is 70.2 Å². The molecule has 2 unspecified atom stereocenters. The molecule has 2 bridgehead atoms. The molecule has 9 heteroatoms. The van der Waals surface area contributed by atoms with E-state index < -0.39 is 0 Å². The Bertz CT molecular complexity index is 1230. The van der Waals surface area contributed by atoms with Crippen LogP contribution in [0.25, 0.3) is 21.5 Å². The highest BCUT2D eigenvalue weighted by atomic mass is 35.5. The molecule has 0 aromatic carbocycles. The molecule has 7 nitrogen and oxygen atoms in total. The number of piperidine rings is 1. The van der Waals surface area contributed by atoms with Crippen molar-refractivity contribution in [2.45, 2.75) is 25.0 Å². The second-order valence-corrected chi connectivity index (χ2v) is 9.47. The van der Waals surface area contributed by atoms with E-state index in [1.54, 1.807) is 24.6 Å². The summed E-state index contributed by atoms with van der Waals surface area (Å²) in [5.74, 6) is 0.658. The standard InChI is InChI=1S/C22H21ClN6OS/c1-30-19-3-2-13(7-25-19)10-29-14-6-15(29)12-28(11-14)22-27-9-18(31-22)16-4-5-24-21-20(16)17(23)8-26-21/h2-5,7-9,14-15H,6,10-12H2,1H3,(H,24,26). The number of rotatable bonds is 5. The fourth-order valence-electron chi connectivity index (χ4n) is 4.70. The number of methoxy groups -OCH3 is 1. The van der Waals surface area contributed by atoms with Crippen molar-refractivity contribution in [3.63, 3.8) is 0 Å². The SMILES string of the molecule is COc1ccc(CN2C3CC2CN(c2ncc(-c4ccnc5[nH]cc(Cl)c45)s2)C3)cn1. The van der Waals surface area contributed by atoms with Gasteiger partial charge in [-0.1, -0.05) is 29.0 Å². The smallest absolute Gasteiger partial charge is 0.212 e. The van der Waals surface area contributed by atoms with Gasteiger partial charge in [0.25, 0.3) is 0 Å². The number of ether oxygens (including phenoxy) is 1. The zero-order valence-corrected chi connectivity index (χ0v) is 18.5. The maximum Gasteiger partial charge on any atom is 0.212 e. The molecule has 3 fully saturated rings. The van der Waals surface area contributed by atoms with Crippen LogP contribution >= 0.6 is 22.9 Å². The second-order valence-electron chi connectivity index (χ2n) is 8.06. The highest BCUT2D eigenvalue weighted by Crippen LogP contribution is 2.41. The number of thiazole rings is 1. The van der Waals surface area contributed by atoms with Crippen LogP contribution in [0.1, 0.15) is 12.0 Å². The first-order valence-corrected chi connectivity index (χ1v) is 11.5. The Morgan fingerprint density at radius 3 is 2.81 bits per heavy atom. The van der Waals surface area contributed by atoms with E-state index in [0.29, 0.717) is 23.0 Å². The molecule has 3 aliphatic heterocycles. The lowest BCUT2D eigenvalue weighted by atomic mass is 9.87. The van der Waals surface area contributed by atoms with Gasteiger partial charge < -0.3 is 14.6 Å². The summed E-state index contributed by atoms with van der Waals surface area (Å²) in [5.41, 5.74) is 3.11. The molecule has 0 aliphatic carbocycles. The van der Waals surface area contributed by atoms with Crippen molar-refractivity contribution >= 4 is 39.1 Å². The van der Waals surface area contributed by atoms with Crippen LogP contribution in [0.2, 0.25) is 5.02 Å². The van der Waals surface area contributed by atoms with Crippen LogP contribution in [0.4, 0.5) is 5.13 Å². The number of pyridine rings is 2. The van der Waals surface area contributed by atoms with Gasteiger partial charge in [-0.05, 0) is 18.1 Å². The molecule has 0 saturated carbocycles. The fourth-order valence-corrected chi connectivity index (χ4v) is 5.91. The third kappa shape index (κ3) is 3.26. The summed E-state index contributed by atoms with van der Waals surface area (Å²) in [5, 5.41) is 2.73. The lowest BCUT2D eigenvalue weighted by Gasteiger charge is -2.56. The average Bonchev–Trinajstić information content (AvgIpc) is 3.45. The number of nitrogens with one attached hydrogen (secondary N) is 1. The second kappa shape index (κ2) is 7.47. The van der Waals surface area contributed by atoms with Crippen molar-refractivity contribution in [1.29, 1.82) is 0 Å². The Morgan fingerprint density at radius 2 is 2.03 bits per heavy atom. The highest BCUT2D eigenvalue weighted by molar-refractivity contribution is 7.19. The van der Waals surface area contributed by atoms with Crippen molar-refractivity contribution in [2.75, 3.05) is 25.1 Å². The Morgan fingerprint density at radius 1 is 1.16 bits per heavy atom. The summed E-state index contributed by atoms with van der Waals surface area (Å²) < 4.78 is 5.16. The van der Waals surface area contributed by atoms with E-state index in [9.17, 15) is 0 Å². The van der Waals surface area contributed by atoms with Gasteiger partial charge in [0.2, 0.25) is 5.88 Å². The van der Waals surface area contributed by atoms with Crippen molar-refractivity contribution in [1.82, 2.24) is 24.8 Å². The average molecular weight is 453 g/mol. The molecule has 0 spiro atoms. The molecule has 4 aromatic rings. The summed E-state index contributed by atoms with van der Waals surface area (Å²) in [6.07, 6.45) is 8.72. The van der Waals surface area contributed by atoms with E-state index in [-0.39, 0.29) is 0 Å². The largest absolute Gasteiger partial charge is 0.481 e. The first-order valence-electron chi connectivity index (χ1n) is 10.3. The molecule has 2 atom stereocenters. The number of aromatic nitrogens is 4. The van der Waals surface area contributed by atoms with Crippen LogP contribution < -0.4 is 9.64 Å². The molecule has 7 heterocycles. The maximum absolute atomic E-state index is 6.39. The van der Waals surface area contributed by atoms with Gasteiger partial charge in [0.1, 0.15) is 5.65 Å². The lowest BCUT2D eigenvalue weighted by Crippen LogP contribution is -2.68. The van der Waals surface area contributed by atoms with Crippen molar-refractivity contribution in [2.24, 2.45) is 0 Å². The molecule has 31 heavy (non-hydrogen) atoms. The maximum atomic E-state index is 6.39. The van der Waals surface area contributed by atoms with Crippen LogP contribution in [0.3, 0.4) is 0 Å². The predicted octanol–water partition coefficient (Wildman–Crippen LogP) is 4.21. The summed E-state index contributed by atoms with van der Waals surface area (Å²) in [7, 11) is 1.64. The molecular weight excluding hydrogens is 432 g/mol. The van der Waals surface area contributed by atoms with E-state index in [1.807, 2.05) is 30.7 Å². The number of fused-ring (bicyclic) bond motifs is 3. The molecule has 4 aromatic heterocycles. The molecule has 0 radical (unpaired) electrons. The monoisotopic (exact) mass is 452 g/mol. The van der Waals surface area contributed by atoms with Crippen LogP contribution in [0, 0.1) is 0 Å². The lowest BCUT2D eigenvalue weighted by molar-refractivity contribution is -0.00852. The number of halogens is 1. The molecule has 0 amide bonds. The van der Waals surface area contributed by atoms with Gasteiger partial charge in [-0.25, -0.2) is 15.0 Å². The minimum atomic E-state index is 0.556. The van der Waals surface area contributed by atoms with E-state index in [2.05, 4.69) is 30.8 Å². The first-order chi connectivity index (χ1) is 15.2. The number of nitrogens with zero attached hydrogens (tertiary/aromatic N) is 5. The van der Waals surface area contributed by atoms with Gasteiger partial charge in [-0.15, -0.1) is 0 Å². The first kappa shape index (κ1) is 19.0. The van der Waals surface area contributed by atoms with E-state index >= 15 is 0 Å².